The molecule has 2 heterocycles. The zero-order chi connectivity index (χ0) is 21.4. The molecule has 0 bridgehead atoms. The Balaban J connectivity index is 1.92. The highest BCUT2D eigenvalue weighted by molar-refractivity contribution is 6.74. The molecule has 7 heteroatoms. The van der Waals surface area contributed by atoms with E-state index in [2.05, 4.69) is 55.9 Å². The molecule has 0 aliphatic carbocycles. The number of nitrogens with one attached hydrogen (secondary N) is 1. The highest BCUT2D eigenvalue weighted by atomic mass is 28.4. The third-order valence-electron chi connectivity index (χ3n) is 6.32. The van der Waals surface area contributed by atoms with Crippen molar-refractivity contribution in [1.29, 1.82) is 0 Å². The van der Waals surface area contributed by atoms with Crippen molar-refractivity contribution in [3.05, 3.63) is 68.5 Å². The van der Waals surface area contributed by atoms with Crippen molar-refractivity contribution in [2.45, 2.75) is 64.5 Å². The average molecular weight is 416 g/mol. The molecule has 0 spiro atoms. The largest absolute Gasteiger partial charge is 0.410 e. The van der Waals surface area contributed by atoms with Crippen LogP contribution in [0.15, 0.2) is 46.1 Å². The van der Waals surface area contributed by atoms with Gasteiger partial charge in [-0.1, -0.05) is 51.1 Å². The van der Waals surface area contributed by atoms with E-state index >= 15 is 0 Å². The Kier molecular flexibility index (Phi) is 6.03. The van der Waals surface area contributed by atoms with Gasteiger partial charge in [-0.3, -0.25) is 19.2 Å². The van der Waals surface area contributed by atoms with Crippen LogP contribution in [0, 0.1) is 6.92 Å². The van der Waals surface area contributed by atoms with E-state index < -0.39 is 8.32 Å². The standard InChI is InChI=1S/C22H33N3O3Si/c1-16-12-25(21(27)23-20(16)26)18-14-24(13-17-10-8-7-9-11-17)15-19(18)28-29(5,6)22(2,3)4/h7-12,18-19H,13-15H2,1-6H3,(H,23,26,27)/t18-,19+/m1/s1. The van der Waals surface area contributed by atoms with Crippen LogP contribution in [0.3, 0.4) is 0 Å². The number of aromatic amines is 1. The molecule has 29 heavy (non-hydrogen) atoms. The molecule has 1 saturated heterocycles. The summed E-state index contributed by atoms with van der Waals surface area (Å²) in [6.07, 6.45) is 1.59. The van der Waals surface area contributed by atoms with E-state index in [-0.39, 0.29) is 28.4 Å². The van der Waals surface area contributed by atoms with Gasteiger partial charge in [0.2, 0.25) is 0 Å². The smallest absolute Gasteiger partial charge is 0.328 e. The zero-order valence-corrected chi connectivity index (χ0v) is 19.4. The van der Waals surface area contributed by atoms with Crippen molar-refractivity contribution in [2.75, 3.05) is 13.1 Å². The van der Waals surface area contributed by atoms with Gasteiger partial charge in [-0.05, 0) is 30.6 Å². The molecule has 158 valence electrons. The number of benzene rings is 1. The van der Waals surface area contributed by atoms with Gasteiger partial charge >= 0.3 is 5.69 Å². The molecule has 1 N–H and O–H groups in total. The molecule has 6 nitrogen and oxygen atoms in total. The van der Waals surface area contributed by atoms with Gasteiger partial charge in [0.25, 0.3) is 5.56 Å². The van der Waals surface area contributed by atoms with Crippen molar-refractivity contribution in [3.8, 4) is 0 Å². The number of aryl methyl sites for hydroxylation is 1. The number of likely N-dealkylation sites (tertiary alicyclic amines) is 1. The van der Waals surface area contributed by atoms with Crippen LogP contribution in [0.25, 0.3) is 0 Å². The fraction of sp³-hybridized carbons (Fsp3) is 0.545. The lowest BCUT2D eigenvalue weighted by Crippen LogP contribution is -2.47. The summed E-state index contributed by atoms with van der Waals surface area (Å²) < 4.78 is 8.44. The highest BCUT2D eigenvalue weighted by Gasteiger charge is 2.44. The van der Waals surface area contributed by atoms with E-state index in [9.17, 15) is 9.59 Å². The Bertz CT molecular complexity index is 960. The Morgan fingerprint density at radius 2 is 1.79 bits per heavy atom. The van der Waals surface area contributed by atoms with Crippen LogP contribution in [-0.4, -0.2) is 42.0 Å². The maximum Gasteiger partial charge on any atom is 0.328 e. The molecule has 2 atom stereocenters. The van der Waals surface area contributed by atoms with Gasteiger partial charge < -0.3 is 4.43 Å². The van der Waals surface area contributed by atoms with Gasteiger partial charge in [0, 0.05) is 31.4 Å². The number of hydrogen-bond donors (Lipinski definition) is 1. The van der Waals surface area contributed by atoms with Crippen molar-refractivity contribution in [2.24, 2.45) is 0 Å². The highest BCUT2D eigenvalue weighted by Crippen LogP contribution is 2.39. The quantitative estimate of drug-likeness (QED) is 0.761. The molecule has 0 amide bonds. The number of nitrogens with zero attached hydrogens (tertiary/aromatic N) is 2. The minimum Gasteiger partial charge on any atom is -0.410 e. The SMILES string of the molecule is Cc1cn([C@@H]2CN(Cc3ccccc3)C[C@@H]2O[Si](C)(C)C(C)(C)C)c(=O)[nH]c1=O. The van der Waals surface area contributed by atoms with Gasteiger partial charge in [-0.15, -0.1) is 0 Å². The maximum absolute atomic E-state index is 12.6. The summed E-state index contributed by atoms with van der Waals surface area (Å²) in [7, 11) is -2.02. The molecule has 0 saturated carbocycles. The summed E-state index contributed by atoms with van der Waals surface area (Å²) in [6.45, 7) is 15.2. The van der Waals surface area contributed by atoms with Crippen LogP contribution in [0.1, 0.15) is 37.9 Å². The van der Waals surface area contributed by atoms with Gasteiger partial charge in [-0.2, -0.15) is 0 Å². The second-order valence-corrected chi connectivity index (χ2v) is 14.4. The molecular weight excluding hydrogens is 382 g/mol. The maximum atomic E-state index is 12.6. The lowest BCUT2D eigenvalue weighted by Gasteiger charge is -2.39. The normalized spacial score (nSPS) is 20.9. The molecule has 3 rings (SSSR count). The number of rotatable bonds is 5. The third kappa shape index (κ3) is 4.79. The summed E-state index contributed by atoms with van der Waals surface area (Å²) >= 11 is 0. The summed E-state index contributed by atoms with van der Waals surface area (Å²) in [4.78, 5) is 29.2. The summed E-state index contributed by atoms with van der Waals surface area (Å²) in [6, 6.07) is 10.2. The van der Waals surface area contributed by atoms with Crippen LogP contribution < -0.4 is 11.2 Å². The van der Waals surface area contributed by atoms with Crippen molar-refractivity contribution < 1.29 is 4.43 Å². The molecule has 0 unspecified atom stereocenters. The summed E-state index contributed by atoms with van der Waals surface area (Å²) in [5.41, 5.74) is 1.09. The average Bonchev–Trinajstić information content (AvgIpc) is 2.99. The van der Waals surface area contributed by atoms with Crippen molar-refractivity contribution in [3.63, 3.8) is 0 Å². The number of aromatic nitrogens is 2. The first kappa shape index (κ1) is 21.7. The Morgan fingerprint density at radius 3 is 2.41 bits per heavy atom. The number of H-pyrrole nitrogens is 1. The molecule has 0 radical (unpaired) electrons. The van der Waals surface area contributed by atoms with Crippen LogP contribution >= 0.6 is 0 Å². The van der Waals surface area contributed by atoms with Crippen molar-refractivity contribution >= 4 is 8.32 Å². The van der Waals surface area contributed by atoms with E-state index in [0.717, 1.165) is 13.1 Å². The van der Waals surface area contributed by atoms with Gasteiger partial charge in [0.15, 0.2) is 8.32 Å². The Morgan fingerprint density at radius 1 is 1.14 bits per heavy atom. The predicted molar refractivity (Wildman–Crippen MR) is 119 cm³/mol. The van der Waals surface area contributed by atoms with E-state index in [1.54, 1.807) is 17.7 Å². The monoisotopic (exact) mass is 415 g/mol. The molecular formula is C22H33N3O3Si. The minimum absolute atomic E-state index is 0.0796. The molecule has 1 aromatic carbocycles. The molecule has 1 aliphatic rings. The second-order valence-electron chi connectivity index (χ2n) is 9.64. The van der Waals surface area contributed by atoms with E-state index in [4.69, 9.17) is 4.43 Å². The topological polar surface area (TPSA) is 67.3 Å². The predicted octanol–water partition coefficient (Wildman–Crippen LogP) is 3.29. The number of hydrogen-bond acceptors (Lipinski definition) is 4. The first-order valence-electron chi connectivity index (χ1n) is 10.2. The van der Waals surface area contributed by atoms with Gasteiger partial charge in [0.05, 0.1) is 12.1 Å². The molecule has 1 fully saturated rings. The van der Waals surface area contributed by atoms with E-state index in [1.165, 1.54) is 5.56 Å². The summed E-state index contributed by atoms with van der Waals surface area (Å²) in [5, 5.41) is 0.0796. The molecule has 1 aliphatic heterocycles. The lowest BCUT2D eigenvalue weighted by molar-refractivity contribution is 0.148. The van der Waals surface area contributed by atoms with Crippen molar-refractivity contribution in [1.82, 2.24) is 14.5 Å². The fourth-order valence-corrected chi connectivity index (χ4v) is 4.92. The minimum atomic E-state index is -2.02. The van der Waals surface area contributed by atoms with Gasteiger partial charge in [-0.25, -0.2) is 4.79 Å². The first-order valence-corrected chi connectivity index (χ1v) is 13.1. The zero-order valence-electron chi connectivity index (χ0n) is 18.4. The summed E-state index contributed by atoms with van der Waals surface area (Å²) in [5.74, 6) is 0. The molecule has 1 aromatic heterocycles. The van der Waals surface area contributed by atoms with Crippen LogP contribution in [0.5, 0.6) is 0 Å². The van der Waals surface area contributed by atoms with Gasteiger partial charge in [0.1, 0.15) is 0 Å². The van der Waals surface area contributed by atoms with Crippen LogP contribution in [-0.2, 0) is 11.0 Å². The lowest BCUT2D eigenvalue weighted by atomic mass is 10.2. The first-order chi connectivity index (χ1) is 13.5. The second kappa shape index (κ2) is 8.05. The van der Waals surface area contributed by atoms with Crippen LogP contribution in [0.4, 0.5) is 0 Å². The third-order valence-corrected chi connectivity index (χ3v) is 10.8. The Labute approximate surface area is 173 Å². The Hall–Kier alpha value is -1.96. The fourth-order valence-electron chi connectivity index (χ4n) is 3.57. The van der Waals surface area contributed by atoms with Crippen LogP contribution in [0.2, 0.25) is 18.1 Å². The van der Waals surface area contributed by atoms with E-state index in [1.807, 2.05) is 18.2 Å². The van der Waals surface area contributed by atoms with E-state index in [0.29, 0.717) is 12.1 Å². The molecule has 2 aromatic rings.